The Morgan fingerprint density at radius 2 is 1.92 bits per heavy atom. The third kappa shape index (κ3) is 3.01. The van der Waals surface area contributed by atoms with Crippen molar-refractivity contribution < 1.29 is 14.5 Å². The number of nitrogens with one attached hydrogen (secondary N) is 1. The largest absolute Gasteiger partial charge is 0.393 e. The standard InChI is InChI=1S/C17H16N4O4/c18-14-12(7-4-8-13(14)21(24)25)17(23)20-10-9-19-16(22)15(20)11-5-2-1-3-6-11/h1-8,15H,9-10,18H2,(H,19,22)/t15-/m1/s1. The van der Waals surface area contributed by atoms with E-state index in [0.717, 1.165) is 0 Å². The molecule has 0 bridgehead atoms. The van der Waals surface area contributed by atoms with Crippen LogP contribution in [0.2, 0.25) is 0 Å². The second-order valence-corrected chi connectivity index (χ2v) is 5.60. The van der Waals surface area contributed by atoms with Crippen LogP contribution in [0.1, 0.15) is 22.0 Å². The highest BCUT2D eigenvalue weighted by molar-refractivity contribution is 6.03. The van der Waals surface area contributed by atoms with Gasteiger partial charge in [0.2, 0.25) is 5.91 Å². The number of amides is 2. The summed E-state index contributed by atoms with van der Waals surface area (Å²) in [5.74, 6) is -0.806. The van der Waals surface area contributed by atoms with E-state index < -0.39 is 16.9 Å². The SMILES string of the molecule is Nc1c(C(=O)N2CCNC(=O)[C@H]2c2ccccc2)cccc1[N+](=O)[O-]. The zero-order valence-electron chi connectivity index (χ0n) is 13.2. The predicted octanol–water partition coefficient (Wildman–Crippen LogP) is 1.49. The molecule has 0 aromatic heterocycles. The van der Waals surface area contributed by atoms with E-state index in [1.165, 1.54) is 23.1 Å². The van der Waals surface area contributed by atoms with Gasteiger partial charge in [0.25, 0.3) is 11.6 Å². The molecule has 3 rings (SSSR count). The molecule has 1 fully saturated rings. The monoisotopic (exact) mass is 340 g/mol. The highest BCUT2D eigenvalue weighted by Crippen LogP contribution is 2.30. The number of carbonyl (C=O) groups excluding carboxylic acids is 2. The first-order chi connectivity index (χ1) is 12.0. The number of nitrogens with zero attached hydrogens (tertiary/aromatic N) is 2. The van der Waals surface area contributed by atoms with Crippen LogP contribution in [0, 0.1) is 10.1 Å². The van der Waals surface area contributed by atoms with Gasteiger partial charge in [0, 0.05) is 19.2 Å². The van der Waals surface area contributed by atoms with Crippen LogP contribution < -0.4 is 11.1 Å². The summed E-state index contributed by atoms with van der Waals surface area (Å²) in [5, 5.41) is 13.8. The molecule has 0 spiro atoms. The van der Waals surface area contributed by atoms with Gasteiger partial charge in [0.15, 0.2) is 0 Å². The molecule has 8 nitrogen and oxygen atoms in total. The Bertz CT molecular complexity index is 838. The maximum absolute atomic E-state index is 13.0. The van der Waals surface area contributed by atoms with Crippen molar-refractivity contribution in [3.63, 3.8) is 0 Å². The van der Waals surface area contributed by atoms with E-state index in [4.69, 9.17) is 5.73 Å². The van der Waals surface area contributed by atoms with Crippen molar-refractivity contribution in [1.29, 1.82) is 0 Å². The summed E-state index contributed by atoms with van der Waals surface area (Å²) in [6.45, 7) is 0.592. The quantitative estimate of drug-likeness (QED) is 0.498. The minimum absolute atomic E-state index is 0.0184. The van der Waals surface area contributed by atoms with Gasteiger partial charge in [-0.25, -0.2) is 0 Å². The van der Waals surface area contributed by atoms with Crippen LogP contribution in [-0.2, 0) is 4.79 Å². The molecule has 128 valence electrons. The van der Waals surface area contributed by atoms with Gasteiger partial charge in [-0.2, -0.15) is 0 Å². The number of nitro benzene ring substituents is 1. The van der Waals surface area contributed by atoms with Gasteiger partial charge >= 0.3 is 0 Å². The molecule has 0 unspecified atom stereocenters. The molecular weight excluding hydrogens is 324 g/mol. The Morgan fingerprint density at radius 3 is 2.60 bits per heavy atom. The van der Waals surface area contributed by atoms with Gasteiger partial charge in [-0.3, -0.25) is 19.7 Å². The third-order valence-electron chi connectivity index (χ3n) is 4.10. The Kier molecular flexibility index (Phi) is 4.34. The fraction of sp³-hybridized carbons (Fsp3) is 0.176. The number of anilines is 1. The van der Waals surface area contributed by atoms with E-state index in [9.17, 15) is 19.7 Å². The van der Waals surface area contributed by atoms with Crippen LogP contribution in [0.15, 0.2) is 48.5 Å². The first-order valence-corrected chi connectivity index (χ1v) is 7.67. The normalized spacial score (nSPS) is 17.0. The van der Waals surface area contributed by atoms with E-state index >= 15 is 0 Å². The van der Waals surface area contributed by atoms with E-state index in [0.29, 0.717) is 12.1 Å². The van der Waals surface area contributed by atoms with Crippen LogP contribution in [-0.4, -0.2) is 34.7 Å². The summed E-state index contributed by atoms with van der Waals surface area (Å²) < 4.78 is 0. The van der Waals surface area contributed by atoms with Crippen molar-refractivity contribution in [3.05, 3.63) is 69.8 Å². The lowest BCUT2D eigenvalue weighted by atomic mass is 10.0. The highest BCUT2D eigenvalue weighted by Gasteiger charge is 2.36. The van der Waals surface area contributed by atoms with Gasteiger partial charge in [-0.15, -0.1) is 0 Å². The minimum Gasteiger partial charge on any atom is -0.393 e. The minimum atomic E-state index is -0.805. The van der Waals surface area contributed by atoms with E-state index in [2.05, 4.69) is 5.32 Å². The molecule has 1 saturated heterocycles. The Hall–Kier alpha value is -3.42. The van der Waals surface area contributed by atoms with Crippen molar-refractivity contribution in [1.82, 2.24) is 10.2 Å². The zero-order chi connectivity index (χ0) is 18.0. The highest BCUT2D eigenvalue weighted by atomic mass is 16.6. The second-order valence-electron chi connectivity index (χ2n) is 5.60. The van der Waals surface area contributed by atoms with E-state index in [1.807, 2.05) is 6.07 Å². The molecule has 1 atom stereocenters. The summed E-state index contributed by atoms with van der Waals surface area (Å²) in [5.41, 5.74) is 5.97. The lowest BCUT2D eigenvalue weighted by Gasteiger charge is -2.35. The zero-order valence-corrected chi connectivity index (χ0v) is 13.2. The lowest BCUT2D eigenvalue weighted by molar-refractivity contribution is -0.383. The molecule has 1 heterocycles. The molecule has 2 aromatic carbocycles. The van der Waals surface area contributed by atoms with E-state index in [-0.39, 0.29) is 29.4 Å². The summed E-state index contributed by atoms with van der Waals surface area (Å²) in [7, 11) is 0. The molecule has 1 aliphatic heterocycles. The van der Waals surface area contributed by atoms with Gasteiger partial charge in [0.1, 0.15) is 11.7 Å². The Balaban J connectivity index is 2.01. The Morgan fingerprint density at radius 1 is 1.20 bits per heavy atom. The van der Waals surface area contributed by atoms with Crippen molar-refractivity contribution in [2.45, 2.75) is 6.04 Å². The number of nitro groups is 1. The number of hydrogen-bond acceptors (Lipinski definition) is 5. The molecule has 1 aliphatic rings. The molecular formula is C17H16N4O4. The van der Waals surface area contributed by atoms with Gasteiger partial charge in [0.05, 0.1) is 10.5 Å². The van der Waals surface area contributed by atoms with Crippen LogP contribution in [0.25, 0.3) is 0 Å². The maximum Gasteiger partial charge on any atom is 0.292 e. The molecule has 25 heavy (non-hydrogen) atoms. The fourth-order valence-electron chi connectivity index (χ4n) is 2.91. The maximum atomic E-state index is 13.0. The Labute approximate surface area is 143 Å². The van der Waals surface area contributed by atoms with Crippen molar-refractivity contribution in [3.8, 4) is 0 Å². The number of piperazine rings is 1. The number of rotatable bonds is 3. The second kappa shape index (κ2) is 6.60. The summed E-state index contributed by atoms with van der Waals surface area (Å²) in [4.78, 5) is 37.1. The summed E-state index contributed by atoms with van der Waals surface area (Å²) in [6, 6.07) is 12.2. The summed E-state index contributed by atoms with van der Waals surface area (Å²) >= 11 is 0. The average molecular weight is 340 g/mol. The molecule has 2 aromatic rings. The molecule has 3 N–H and O–H groups in total. The van der Waals surface area contributed by atoms with Crippen molar-refractivity contribution >= 4 is 23.2 Å². The smallest absolute Gasteiger partial charge is 0.292 e. The number of nitrogen functional groups attached to an aromatic ring is 1. The first kappa shape index (κ1) is 16.4. The van der Waals surface area contributed by atoms with Crippen molar-refractivity contribution in [2.75, 3.05) is 18.8 Å². The lowest BCUT2D eigenvalue weighted by Crippen LogP contribution is -2.52. The third-order valence-corrected chi connectivity index (χ3v) is 4.10. The average Bonchev–Trinajstić information content (AvgIpc) is 2.61. The molecule has 0 aliphatic carbocycles. The van der Waals surface area contributed by atoms with Crippen LogP contribution >= 0.6 is 0 Å². The number of benzene rings is 2. The van der Waals surface area contributed by atoms with Gasteiger partial charge < -0.3 is 16.0 Å². The topological polar surface area (TPSA) is 119 Å². The fourth-order valence-corrected chi connectivity index (χ4v) is 2.91. The molecule has 0 saturated carbocycles. The van der Waals surface area contributed by atoms with Crippen molar-refractivity contribution in [2.24, 2.45) is 0 Å². The van der Waals surface area contributed by atoms with Crippen LogP contribution in [0.4, 0.5) is 11.4 Å². The first-order valence-electron chi connectivity index (χ1n) is 7.67. The van der Waals surface area contributed by atoms with E-state index in [1.54, 1.807) is 24.3 Å². The number of para-hydroxylation sites is 1. The number of carbonyl (C=O) groups is 2. The van der Waals surface area contributed by atoms with Crippen LogP contribution in [0.5, 0.6) is 0 Å². The number of hydrogen-bond donors (Lipinski definition) is 2. The van der Waals surface area contributed by atoms with Gasteiger partial charge in [-0.05, 0) is 11.6 Å². The number of nitrogens with two attached hydrogens (primary N) is 1. The van der Waals surface area contributed by atoms with Gasteiger partial charge in [-0.1, -0.05) is 36.4 Å². The predicted molar refractivity (Wildman–Crippen MR) is 90.7 cm³/mol. The summed E-state index contributed by atoms with van der Waals surface area (Å²) in [6.07, 6.45) is 0. The molecule has 2 amide bonds. The molecule has 0 radical (unpaired) electrons. The molecule has 8 heteroatoms. The van der Waals surface area contributed by atoms with Crippen LogP contribution in [0.3, 0.4) is 0 Å².